The van der Waals surface area contributed by atoms with Crippen molar-refractivity contribution in [3.05, 3.63) is 127 Å². The summed E-state index contributed by atoms with van der Waals surface area (Å²) in [7, 11) is -5.66. The summed E-state index contributed by atoms with van der Waals surface area (Å²) in [5, 5.41) is 4.39. The molecule has 0 spiro atoms. The molecule has 0 N–H and O–H groups in total. The average Bonchev–Trinajstić information content (AvgIpc) is 2.82. The standard InChI is InChI=1S/C20H20P.C7H8O3S/c1-2-21(18-12-6-3-7-13-18,19-14-8-4-9-15-19)20-16-10-5-11-17-20;8-11(9,10)6-7-4-2-1-3-5-7/h3-17H,2H2,1H3;1-5H,6H2,(H,8,9,10)/q+1;/p-1. The lowest BCUT2D eigenvalue weighted by molar-refractivity contribution is 0.462. The minimum absolute atomic E-state index is 0.423. The monoisotopic (exact) mass is 462 g/mol. The van der Waals surface area contributed by atoms with Crippen molar-refractivity contribution in [3.63, 3.8) is 0 Å². The first-order valence-electron chi connectivity index (χ1n) is 10.5. The van der Waals surface area contributed by atoms with Crippen molar-refractivity contribution < 1.29 is 13.0 Å². The zero-order valence-electron chi connectivity index (χ0n) is 18.0. The molecule has 0 aliphatic heterocycles. The Bertz CT molecular complexity index is 1080. The van der Waals surface area contributed by atoms with Gasteiger partial charge >= 0.3 is 0 Å². The fraction of sp³-hybridized carbons (Fsp3) is 0.111. The molecule has 4 rings (SSSR count). The highest BCUT2D eigenvalue weighted by Crippen LogP contribution is 2.54. The normalized spacial score (nSPS) is 11.3. The SMILES string of the molecule is CC[P+](c1ccccc1)(c1ccccc1)c1ccccc1.O=S(=O)([O-])Cc1ccccc1. The van der Waals surface area contributed by atoms with Gasteiger partial charge in [0.2, 0.25) is 0 Å². The maximum absolute atomic E-state index is 10.2. The van der Waals surface area contributed by atoms with Gasteiger partial charge in [-0.15, -0.1) is 0 Å². The van der Waals surface area contributed by atoms with E-state index in [1.807, 2.05) is 0 Å². The van der Waals surface area contributed by atoms with E-state index in [4.69, 9.17) is 0 Å². The maximum Gasteiger partial charge on any atom is 0.111 e. The number of hydrogen-bond acceptors (Lipinski definition) is 3. The van der Waals surface area contributed by atoms with Gasteiger partial charge in [-0.25, -0.2) is 8.42 Å². The van der Waals surface area contributed by atoms with Crippen molar-refractivity contribution >= 4 is 33.3 Å². The van der Waals surface area contributed by atoms with E-state index in [2.05, 4.69) is 97.9 Å². The van der Waals surface area contributed by atoms with Gasteiger partial charge in [0.1, 0.15) is 23.2 Å². The van der Waals surface area contributed by atoms with E-state index in [9.17, 15) is 13.0 Å². The summed E-state index contributed by atoms with van der Waals surface area (Å²) in [4.78, 5) is 0. The third kappa shape index (κ3) is 6.14. The predicted molar refractivity (Wildman–Crippen MR) is 136 cm³/mol. The van der Waals surface area contributed by atoms with Gasteiger partial charge in [-0.2, -0.15) is 0 Å². The minimum atomic E-state index is -4.13. The molecule has 0 fully saturated rings. The Morgan fingerprint density at radius 3 is 1.19 bits per heavy atom. The molecular weight excluding hydrogens is 435 g/mol. The highest BCUT2D eigenvalue weighted by Gasteiger charge is 2.43. The van der Waals surface area contributed by atoms with Crippen molar-refractivity contribution in [1.29, 1.82) is 0 Å². The molecule has 5 heteroatoms. The molecule has 4 aromatic carbocycles. The Labute approximate surface area is 191 Å². The second kappa shape index (κ2) is 11.2. The van der Waals surface area contributed by atoms with Gasteiger partial charge in [-0.3, -0.25) is 0 Å². The third-order valence-corrected chi connectivity index (χ3v) is 10.4. The largest absolute Gasteiger partial charge is 0.748 e. The summed E-state index contributed by atoms with van der Waals surface area (Å²) in [5.74, 6) is -0.423. The van der Waals surface area contributed by atoms with Crippen LogP contribution < -0.4 is 15.9 Å². The zero-order valence-corrected chi connectivity index (χ0v) is 19.8. The van der Waals surface area contributed by atoms with Crippen LogP contribution in [0.2, 0.25) is 0 Å². The van der Waals surface area contributed by atoms with Crippen molar-refractivity contribution in [2.45, 2.75) is 12.7 Å². The number of benzene rings is 4. The third-order valence-electron chi connectivity index (χ3n) is 5.25. The van der Waals surface area contributed by atoms with Crippen LogP contribution >= 0.6 is 7.26 Å². The van der Waals surface area contributed by atoms with Gasteiger partial charge in [0.15, 0.2) is 0 Å². The molecule has 164 valence electrons. The molecule has 0 heterocycles. The van der Waals surface area contributed by atoms with Crippen LogP contribution in [0.25, 0.3) is 0 Å². The molecule has 32 heavy (non-hydrogen) atoms. The zero-order chi connectivity index (χ0) is 22.9. The first kappa shape index (κ1) is 23.9. The van der Waals surface area contributed by atoms with Crippen LogP contribution in [-0.4, -0.2) is 19.1 Å². The molecule has 4 aromatic rings. The van der Waals surface area contributed by atoms with Crippen molar-refractivity contribution in [1.82, 2.24) is 0 Å². The molecule has 0 amide bonds. The molecule has 0 saturated heterocycles. The van der Waals surface area contributed by atoms with Crippen LogP contribution in [0.15, 0.2) is 121 Å². The molecule has 0 bridgehead atoms. The van der Waals surface area contributed by atoms with Gasteiger partial charge in [0.05, 0.1) is 22.0 Å². The topological polar surface area (TPSA) is 57.2 Å². The Balaban J connectivity index is 0.000000222. The average molecular weight is 463 g/mol. The smallest absolute Gasteiger partial charge is 0.111 e. The summed E-state index contributed by atoms with van der Waals surface area (Å²) >= 11 is 0. The van der Waals surface area contributed by atoms with E-state index in [1.165, 1.54) is 15.9 Å². The summed E-state index contributed by atoms with van der Waals surface area (Å²) in [5.41, 5.74) is 0.530. The quantitative estimate of drug-likeness (QED) is 0.307. The van der Waals surface area contributed by atoms with E-state index in [0.717, 1.165) is 6.16 Å². The van der Waals surface area contributed by atoms with E-state index in [-0.39, 0.29) is 0 Å². The lowest BCUT2D eigenvalue weighted by atomic mass is 10.2. The summed E-state index contributed by atoms with van der Waals surface area (Å²) in [6.45, 7) is 2.32. The van der Waals surface area contributed by atoms with E-state index >= 15 is 0 Å². The minimum Gasteiger partial charge on any atom is -0.748 e. The maximum atomic E-state index is 10.2. The fourth-order valence-electron chi connectivity index (χ4n) is 3.82. The van der Waals surface area contributed by atoms with Crippen LogP contribution in [0.4, 0.5) is 0 Å². The van der Waals surface area contributed by atoms with Crippen LogP contribution in [0, 0.1) is 0 Å². The van der Waals surface area contributed by atoms with Crippen molar-refractivity contribution in [2.24, 2.45) is 0 Å². The molecule has 0 aliphatic carbocycles. The molecule has 0 unspecified atom stereocenters. The Morgan fingerprint density at radius 1 is 0.594 bits per heavy atom. The van der Waals surface area contributed by atoms with Gasteiger partial charge in [-0.05, 0) is 48.9 Å². The van der Waals surface area contributed by atoms with E-state index < -0.39 is 23.1 Å². The molecule has 0 radical (unpaired) electrons. The predicted octanol–water partition coefficient (Wildman–Crippen LogP) is 4.73. The van der Waals surface area contributed by atoms with Crippen LogP contribution in [0.5, 0.6) is 0 Å². The highest BCUT2D eigenvalue weighted by atomic mass is 32.2. The van der Waals surface area contributed by atoms with E-state index in [1.54, 1.807) is 30.3 Å². The molecular formula is C27H27O3PS. The van der Waals surface area contributed by atoms with Gasteiger partial charge in [-0.1, -0.05) is 84.9 Å². The molecule has 0 aromatic heterocycles. The number of rotatable bonds is 6. The highest BCUT2D eigenvalue weighted by molar-refractivity contribution is 7.95. The van der Waals surface area contributed by atoms with Gasteiger partial charge in [0, 0.05) is 0 Å². The molecule has 0 aliphatic rings. The van der Waals surface area contributed by atoms with Crippen LogP contribution in [0.1, 0.15) is 12.5 Å². The summed E-state index contributed by atoms with van der Waals surface area (Å²) in [6, 6.07) is 41.4. The van der Waals surface area contributed by atoms with Gasteiger partial charge in [0.25, 0.3) is 0 Å². The Hall–Kier alpha value is -2.78. The van der Waals surface area contributed by atoms with Crippen molar-refractivity contribution in [2.75, 3.05) is 6.16 Å². The number of hydrogen-bond donors (Lipinski definition) is 0. The second-order valence-electron chi connectivity index (χ2n) is 7.32. The van der Waals surface area contributed by atoms with Crippen LogP contribution in [0.3, 0.4) is 0 Å². The van der Waals surface area contributed by atoms with Crippen LogP contribution in [-0.2, 0) is 15.9 Å². The van der Waals surface area contributed by atoms with Gasteiger partial charge < -0.3 is 4.55 Å². The summed E-state index contributed by atoms with van der Waals surface area (Å²) in [6.07, 6.45) is 1.14. The second-order valence-corrected chi connectivity index (χ2v) is 12.5. The molecule has 0 atom stereocenters. The lowest BCUT2D eigenvalue weighted by Crippen LogP contribution is -2.32. The molecule has 0 saturated carbocycles. The lowest BCUT2D eigenvalue weighted by Gasteiger charge is -2.26. The first-order chi connectivity index (χ1) is 15.5. The summed E-state index contributed by atoms with van der Waals surface area (Å²) < 4.78 is 30.7. The van der Waals surface area contributed by atoms with Crippen molar-refractivity contribution in [3.8, 4) is 0 Å². The molecule has 3 nitrogen and oxygen atoms in total. The Kier molecular flexibility index (Phi) is 8.35. The van der Waals surface area contributed by atoms with E-state index in [0.29, 0.717) is 5.56 Å². The Morgan fingerprint density at radius 2 is 0.906 bits per heavy atom. The first-order valence-corrected chi connectivity index (χ1v) is 14.0. The fourth-order valence-corrected chi connectivity index (χ4v) is 8.45.